The Kier molecular flexibility index (Phi) is 4.79. The van der Waals surface area contributed by atoms with E-state index in [1.54, 1.807) is 0 Å². The molecule has 0 bridgehead atoms. The average molecular weight is 334 g/mol. The Bertz CT molecular complexity index is 471. The summed E-state index contributed by atoms with van der Waals surface area (Å²) in [6.07, 6.45) is 9.34. The van der Waals surface area contributed by atoms with Gasteiger partial charge in [-0.05, 0) is 50.4 Å². The van der Waals surface area contributed by atoms with Crippen molar-refractivity contribution in [2.24, 2.45) is 17.8 Å². The molecule has 0 aromatic carbocycles. The second kappa shape index (κ2) is 7.03. The van der Waals surface area contributed by atoms with Crippen LogP contribution >= 0.6 is 0 Å². The molecular weight excluding hydrogens is 304 g/mol. The van der Waals surface area contributed by atoms with Crippen LogP contribution in [0.15, 0.2) is 0 Å². The maximum absolute atomic E-state index is 13.1. The Balaban J connectivity index is 1.40. The molecule has 2 saturated carbocycles. The van der Waals surface area contributed by atoms with Gasteiger partial charge in [0, 0.05) is 32.2 Å². The summed E-state index contributed by atoms with van der Waals surface area (Å²) >= 11 is 0. The number of fused-ring (bicyclic) bond motifs is 1. The highest BCUT2D eigenvalue weighted by molar-refractivity contribution is 5.88. The van der Waals surface area contributed by atoms with E-state index in [9.17, 15) is 9.59 Å². The Morgan fingerprint density at radius 1 is 0.958 bits per heavy atom. The van der Waals surface area contributed by atoms with E-state index in [1.165, 1.54) is 25.7 Å². The number of likely N-dealkylation sites (tertiary alicyclic amines) is 1. The lowest BCUT2D eigenvalue weighted by molar-refractivity contribution is -0.142. The lowest BCUT2D eigenvalue weighted by atomic mass is 10.0. The third-order valence-electron chi connectivity index (χ3n) is 6.49. The van der Waals surface area contributed by atoms with E-state index in [4.69, 9.17) is 4.74 Å². The zero-order chi connectivity index (χ0) is 16.5. The molecule has 0 unspecified atom stereocenters. The molecular formula is C19H30N2O3. The summed E-state index contributed by atoms with van der Waals surface area (Å²) in [5, 5.41) is 0. The summed E-state index contributed by atoms with van der Waals surface area (Å²) < 4.78 is 5.74. The number of carbonyl (C=O) groups is 2. The highest BCUT2D eigenvalue weighted by Crippen LogP contribution is 2.56. The van der Waals surface area contributed by atoms with E-state index in [0.717, 1.165) is 45.4 Å². The van der Waals surface area contributed by atoms with Crippen LogP contribution in [0.3, 0.4) is 0 Å². The number of hydrogen-bond donors (Lipinski definition) is 0. The van der Waals surface area contributed by atoms with Crippen LogP contribution in [-0.2, 0) is 14.3 Å². The highest BCUT2D eigenvalue weighted by Gasteiger charge is 2.56. The van der Waals surface area contributed by atoms with Crippen LogP contribution in [0.4, 0.5) is 0 Å². The van der Waals surface area contributed by atoms with Crippen molar-refractivity contribution in [3.8, 4) is 0 Å². The first-order valence-corrected chi connectivity index (χ1v) is 9.92. The fourth-order valence-electron chi connectivity index (χ4n) is 5.07. The zero-order valence-corrected chi connectivity index (χ0v) is 14.6. The van der Waals surface area contributed by atoms with Gasteiger partial charge >= 0.3 is 0 Å². The second-order valence-electron chi connectivity index (χ2n) is 8.08. The number of nitrogens with zero attached hydrogens (tertiary/aromatic N) is 2. The second-order valence-corrected chi connectivity index (χ2v) is 8.08. The van der Waals surface area contributed by atoms with Crippen LogP contribution in [0.5, 0.6) is 0 Å². The van der Waals surface area contributed by atoms with Gasteiger partial charge in [-0.1, -0.05) is 12.8 Å². The molecule has 3 atom stereocenters. The number of ether oxygens (including phenoxy) is 1. The topological polar surface area (TPSA) is 49.9 Å². The fraction of sp³-hybridized carbons (Fsp3) is 0.895. The number of carbonyl (C=O) groups excluding carboxylic acids is 2. The molecule has 0 aromatic heterocycles. The van der Waals surface area contributed by atoms with E-state index < -0.39 is 0 Å². The Morgan fingerprint density at radius 3 is 2.29 bits per heavy atom. The third kappa shape index (κ3) is 3.32. The van der Waals surface area contributed by atoms with Crippen molar-refractivity contribution in [1.82, 2.24) is 9.80 Å². The molecule has 2 amide bonds. The largest absolute Gasteiger partial charge is 0.376 e. The van der Waals surface area contributed by atoms with Gasteiger partial charge in [-0.15, -0.1) is 0 Å². The van der Waals surface area contributed by atoms with Crippen molar-refractivity contribution >= 4 is 11.8 Å². The normalized spacial score (nSPS) is 34.9. The van der Waals surface area contributed by atoms with Gasteiger partial charge in [-0.25, -0.2) is 0 Å². The van der Waals surface area contributed by atoms with Gasteiger partial charge < -0.3 is 14.5 Å². The monoisotopic (exact) mass is 334 g/mol. The van der Waals surface area contributed by atoms with Crippen LogP contribution in [0.2, 0.25) is 0 Å². The molecule has 4 aliphatic rings. The Morgan fingerprint density at radius 2 is 1.67 bits per heavy atom. The summed E-state index contributed by atoms with van der Waals surface area (Å²) in [6.45, 7) is 3.37. The molecule has 134 valence electrons. The van der Waals surface area contributed by atoms with Gasteiger partial charge in [-0.2, -0.15) is 0 Å². The van der Waals surface area contributed by atoms with Crippen molar-refractivity contribution in [2.45, 2.75) is 57.5 Å². The number of rotatable bonds is 5. The van der Waals surface area contributed by atoms with Crippen LogP contribution in [0.1, 0.15) is 51.4 Å². The molecule has 2 aliphatic carbocycles. The SMILES string of the molecule is O=C(CN(C[C@@H]1CCCO1)C(=O)C1[C@H]2CCCC[C@H]12)N1CCCC1. The molecule has 0 radical (unpaired) electrons. The predicted octanol–water partition coefficient (Wildman–Crippen LogP) is 2.05. The van der Waals surface area contributed by atoms with Crippen LogP contribution < -0.4 is 0 Å². The maximum atomic E-state index is 13.1. The quantitative estimate of drug-likeness (QED) is 0.773. The highest BCUT2D eigenvalue weighted by atomic mass is 16.5. The average Bonchev–Trinajstić information content (AvgIpc) is 3.00. The van der Waals surface area contributed by atoms with E-state index in [-0.39, 0.29) is 30.4 Å². The molecule has 0 spiro atoms. The summed E-state index contributed by atoms with van der Waals surface area (Å²) in [4.78, 5) is 29.5. The predicted molar refractivity (Wildman–Crippen MR) is 90.3 cm³/mol. The first-order chi connectivity index (χ1) is 11.7. The van der Waals surface area contributed by atoms with Gasteiger partial charge in [0.1, 0.15) is 0 Å². The van der Waals surface area contributed by atoms with E-state index >= 15 is 0 Å². The van der Waals surface area contributed by atoms with E-state index in [0.29, 0.717) is 18.4 Å². The molecule has 2 saturated heterocycles. The Labute approximate surface area is 144 Å². The van der Waals surface area contributed by atoms with Crippen molar-refractivity contribution in [3.05, 3.63) is 0 Å². The lowest BCUT2D eigenvalue weighted by Gasteiger charge is -2.27. The molecule has 4 fully saturated rings. The van der Waals surface area contributed by atoms with Gasteiger partial charge in [0.25, 0.3) is 0 Å². The van der Waals surface area contributed by atoms with Crippen molar-refractivity contribution < 1.29 is 14.3 Å². The summed E-state index contributed by atoms with van der Waals surface area (Å²) in [5.74, 6) is 1.75. The zero-order valence-electron chi connectivity index (χ0n) is 14.6. The van der Waals surface area contributed by atoms with Crippen molar-refractivity contribution in [3.63, 3.8) is 0 Å². The minimum absolute atomic E-state index is 0.126. The maximum Gasteiger partial charge on any atom is 0.242 e. The standard InChI is InChI=1S/C19H30N2O3/c22-17(20-9-3-4-10-20)13-21(12-14-6-5-11-24-14)19(23)18-15-7-1-2-8-16(15)18/h14-16,18H,1-13H2/t14-,15-,16-/m0/s1. The minimum Gasteiger partial charge on any atom is -0.376 e. The van der Waals surface area contributed by atoms with E-state index in [2.05, 4.69) is 0 Å². The number of amides is 2. The van der Waals surface area contributed by atoms with Crippen LogP contribution in [0.25, 0.3) is 0 Å². The van der Waals surface area contributed by atoms with Gasteiger partial charge in [0.05, 0.1) is 12.6 Å². The fourth-order valence-corrected chi connectivity index (χ4v) is 5.07. The molecule has 0 N–H and O–H groups in total. The molecule has 0 aromatic rings. The molecule has 4 rings (SSSR count). The van der Waals surface area contributed by atoms with E-state index in [1.807, 2.05) is 9.80 Å². The Hall–Kier alpha value is -1.10. The molecule has 2 aliphatic heterocycles. The van der Waals surface area contributed by atoms with Gasteiger partial charge in [-0.3, -0.25) is 9.59 Å². The third-order valence-corrected chi connectivity index (χ3v) is 6.49. The first-order valence-electron chi connectivity index (χ1n) is 9.92. The summed E-state index contributed by atoms with van der Waals surface area (Å²) in [5.41, 5.74) is 0. The van der Waals surface area contributed by atoms with Crippen molar-refractivity contribution in [2.75, 3.05) is 32.8 Å². The minimum atomic E-state index is 0.126. The summed E-state index contributed by atoms with van der Waals surface area (Å²) in [6, 6.07) is 0. The number of hydrogen-bond acceptors (Lipinski definition) is 3. The lowest BCUT2D eigenvalue weighted by Crippen LogP contribution is -2.45. The molecule has 24 heavy (non-hydrogen) atoms. The van der Waals surface area contributed by atoms with Gasteiger partial charge in [0.2, 0.25) is 11.8 Å². The van der Waals surface area contributed by atoms with Gasteiger partial charge in [0.15, 0.2) is 0 Å². The first kappa shape index (κ1) is 16.4. The molecule has 2 heterocycles. The molecule has 5 heteroatoms. The summed E-state index contributed by atoms with van der Waals surface area (Å²) in [7, 11) is 0. The van der Waals surface area contributed by atoms with Crippen LogP contribution in [-0.4, -0.2) is 60.5 Å². The van der Waals surface area contributed by atoms with Crippen LogP contribution in [0, 0.1) is 17.8 Å². The van der Waals surface area contributed by atoms with Crippen molar-refractivity contribution in [1.29, 1.82) is 0 Å². The smallest absolute Gasteiger partial charge is 0.242 e. The molecule has 5 nitrogen and oxygen atoms in total.